The molecule has 1 unspecified atom stereocenters. The number of hydrogen-bond acceptors (Lipinski definition) is 7. The van der Waals surface area contributed by atoms with Crippen LogP contribution in [0, 0.1) is 10.1 Å². The molecule has 2 heterocycles. The van der Waals surface area contributed by atoms with Crippen molar-refractivity contribution in [3.63, 3.8) is 0 Å². The highest BCUT2D eigenvalue weighted by atomic mass is 35.5. The summed E-state index contributed by atoms with van der Waals surface area (Å²) in [7, 11) is 0. The fourth-order valence-corrected chi connectivity index (χ4v) is 3.49. The van der Waals surface area contributed by atoms with E-state index in [9.17, 15) is 19.7 Å². The van der Waals surface area contributed by atoms with Crippen molar-refractivity contribution in [2.45, 2.75) is 20.0 Å². The van der Waals surface area contributed by atoms with Crippen LogP contribution in [0.25, 0.3) is 11.3 Å². The number of amides is 1. The molecule has 30 heavy (non-hydrogen) atoms. The number of non-ortho nitro benzene ring substituents is 1. The average molecular weight is 436 g/mol. The van der Waals surface area contributed by atoms with Crippen LogP contribution >= 0.6 is 11.6 Å². The first-order valence-electron chi connectivity index (χ1n) is 9.56. The molecule has 9 nitrogen and oxygen atoms in total. The van der Waals surface area contributed by atoms with Crippen molar-refractivity contribution in [1.82, 2.24) is 9.80 Å². The number of esters is 1. The van der Waals surface area contributed by atoms with E-state index in [-0.39, 0.29) is 28.1 Å². The molecule has 0 spiro atoms. The summed E-state index contributed by atoms with van der Waals surface area (Å²) in [6.45, 7) is 7.32. The van der Waals surface area contributed by atoms with Gasteiger partial charge in [0.05, 0.1) is 9.95 Å². The Hall–Kier alpha value is -2.91. The lowest BCUT2D eigenvalue weighted by Gasteiger charge is -2.35. The van der Waals surface area contributed by atoms with Gasteiger partial charge in [0, 0.05) is 43.9 Å². The van der Waals surface area contributed by atoms with Gasteiger partial charge in [0.15, 0.2) is 6.10 Å². The highest BCUT2D eigenvalue weighted by Crippen LogP contribution is 2.32. The molecule has 0 bridgehead atoms. The summed E-state index contributed by atoms with van der Waals surface area (Å²) in [6, 6.07) is 6.86. The molecule has 160 valence electrons. The molecule has 1 atom stereocenters. The standard InChI is InChI=1S/C20H22ClN3O6/c1-3-22-8-10-23(11-9-22)19(25)13(2)29-20(26)18-7-6-17(30-18)15-5-4-14(24(27)28)12-16(15)21/h4-7,12-13H,3,8-11H2,1-2H3. The van der Waals surface area contributed by atoms with Gasteiger partial charge in [-0.3, -0.25) is 14.9 Å². The number of nitro benzene ring substituents is 1. The van der Waals surface area contributed by atoms with E-state index in [1.807, 2.05) is 0 Å². The molecular formula is C20H22ClN3O6. The molecule has 0 saturated carbocycles. The maximum atomic E-state index is 12.5. The number of rotatable bonds is 6. The van der Waals surface area contributed by atoms with Crippen molar-refractivity contribution in [3.05, 3.63) is 51.2 Å². The smallest absolute Gasteiger partial charge is 0.375 e. The maximum Gasteiger partial charge on any atom is 0.375 e. The molecule has 1 aliphatic rings. The van der Waals surface area contributed by atoms with E-state index in [0.29, 0.717) is 18.7 Å². The van der Waals surface area contributed by atoms with Crippen molar-refractivity contribution in [2.75, 3.05) is 32.7 Å². The number of nitro groups is 1. The molecule has 0 radical (unpaired) electrons. The number of carbonyl (C=O) groups is 2. The van der Waals surface area contributed by atoms with Gasteiger partial charge in [-0.05, 0) is 31.7 Å². The zero-order chi connectivity index (χ0) is 21.8. The van der Waals surface area contributed by atoms with Gasteiger partial charge < -0.3 is 19.0 Å². The monoisotopic (exact) mass is 435 g/mol. The Morgan fingerprint density at radius 2 is 1.93 bits per heavy atom. The van der Waals surface area contributed by atoms with Crippen LogP contribution < -0.4 is 0 Å². The lowest BCUT2D eigenvalue weighted by Crippen LogP contribution is -2.51. The van der Waals surface area contributed by atoms with Crippen molar-refractivity contribution >= 4 is 29.2 Å². The Labute approximate surface area is 178 Å². The number of nitrogens with zero attached hydrogens (tertiary/aromatic N) is 3. The van der Waals surface area contributed by atoms with Gasteiger partial charge in [-0.1, -0.05) is 18.5 Å². The number of likely N-dealkylation sites (N-methyl/N-ethyl adjacent to an activating group) is 1. The minimum absolute atomic E-state index is 0.0881. The number of benzene rings is 1. The van der Waals surface area contributed by atoms with Crippen LogP contribution in [0.15, 0.2) is 34.7 Å². The van der Waals surface area contributed by atoms with Gasteiger partial charge in [-0.2, -0.15) is 0 Å². The van der Waals surface area contributed by atoms with E-state index in [2.05, 4.69) is 11.8 Å². The maximum absolute atomic E-state index is 12.5. The number of halogens is 1. The normalized spacial score (nSPS) is 15.6. The molecule has 0 N–H and O–H groups in total. The van der Waals surface area contributed by atoms with Crippen molar-refractivity contribution in [1.29, 1.82) is 0 Å². The second kappa shape index (κ2) is 9.27. The molecule has 1 aromatic carbocycles. The fourth-order valence-electron chi connectivity index (χ4n) is 3.22. The predicted octanol–water partition coefficient (Wildman–Crippen LogP) is 3.22. The third-order valence-corrected chi connectivity index (χ3v) is 5.31. The highest BCUT2D eigenvalue weighted by molar-refractivity contribution is 6.33. The number of ether oxygens (including phenoxy) is 1. The first kappa shape index (κ1) is 21.8. The largest absolute Gasteiger partial charge is 0.449 e. The first-order chi connectivity index (χ1) is 14.3. The van der Waals surface area contributed by atoms with Gasteiger partial charge in [-0.25, -0.2) is 4.79 Å². The van der Waals surface area contributed by atoms with E-state index < -0.39 is 17.0 Å². The average Bonchev–Trinajstić information content (AvgIpc) is 3.23. The molecule has 2 aromatic rings. The van der Waals surface area contributed by atoms with Gasteiger partial charge >= 0.3 is 5.97 Å². The summed E-state index contributed by atoms with van der Waals surface area (Å²) in [5, 5.41) is 10.9. The summed E-state index contributed by atoms with van der Waals surface area (Å²) in [5.74, 6) is -0.844. The van der Waals surface area contributed by atoms with Gasteiger partial charge in [-0.15, -0.1) is 0 Å². The zero-order valence-corrected chi connectivity index (χ0v) is 17.4. The summed E-state index contributed by atoms with van der Waals surface area (Å²) in [4.78, 5) is 39.1. The Morgan fingerprint density at radius 3 is 2.53 bits per heavy atom. The van der Waals surface area contributed by atoms with Gasteiger partial charge in [0.1, 0.15) is 5.76 Å². The minimum atomic E-state index is -0.942. The van der Waals surface area contributed by atoms with Gasteiger partial charge in [0.25, 0.3) is 11.6 Å². The van der Waals surface area contributed by atoms with Crippen LogP contribution in [-0.4, -0.2) is 65.4 Å². The SMILES string of the molecule is CCN1CCN(C(=O)C(C)OC(=O)c2ccc(-c3ccc([N+](=O)[O-])cc3Cl)o2)CC1. The molecule has 1 aromatic heterocycles. The van der Waals surface area contributed by atoms with Gasteiger partial charge in [0.2, 0.25) is 5.76 Å². The second-order valence-electron chi connectivity index (χ2n) is 6.89. The molecule has 1 aliphatic heterocycles. The predicted molar refractivity (Wildman–Crippen MR) is 109 cm³/mol. The number of piperazine rings is 1. The first-order valence-corrected chi connectivity index (χ1v) is 9.94. The summed E-state index contributed by atoms with van der Waals surface area (Å²) >= 11 is 6.10. The van der Waals surface area contributed by atoms with Crippen molar-refractivity contribution in [2.24, 2.45) is 0 Å². The Morgan fingerprint density at radius 1 is 1.23 bits per heavy atom. The van der Waals surface area contributed by atoms with Crippen LogP contribution in [0.4, 0.5) is 5.69 Å². The quantitative estimate of drug-likeness (QED) is 0.389. The molecule has 1 fully saturated rings. The van der Waals surface area contributed by atoms with Crippen LogP contribution in [0.1, 0.15) is 24.4 Å². The zero-order valence-electron chi connectivity index (χ0n) is 16.7. The van der Waals surface area contributed by atoms with E-state index in [1.54, 1.807) is 4.90 Å². The molecule has 10 heteroatoms. The van der Waals surface area contributed by atoms with E-state index in [1.165, 1.54) is 37.3 Å². The lowest BCUT2D eigenvalue weighted by molar-refractivity contribution is -0.384. The number of hydrogen-bond donors (Lipinski definition) is 0. The van der Waals surface area contributed by atoms with E-state index >= 15 is 0 Å². The summed E-state index contributed by atoms with van der Waals surface area (Å²) < 4.78 is 10.8. The number of furan rings is 1. The second-order valence-corrected chi connectivity index (χ2v) is 7.30. The Bertz CT molecular complexity index is 952. The summed E-state index contributed by atoms with van der Waals surface area (Å²) in [6.07, 6.45) is -0.942. The molecule has 1 amide bonds. The molecule has 1 saturated heterocycles. The molecule has 3 rings (SSSR count). The van der Waals surface area contributed by atoms with Crippen LogP contribution in [0.3, 0.4) is 0 Å². The minimum Gasteiger partial charge on any atom is -0.449 e. The lowest BCUT2D eigenvalue weighted by atomic mass is 10.1. The highest BCUT2D eigenvalue weighted by Gasteiger charge is 2.28. The fraction of sp³-hybridized carbons (Fsp3) is 0.400. The third-order valence-electron chi connectivity index (χ3n) is 5.00. The van der Waals surface area contributed by atoms with E-state index in [4.69, 9.17) is 20.8 Å². The van der Waals surface area contributed by atoms with E-state index in [0.717, 1.165) is 19.6 Å². The molecule has 0 aliphatic carbocycles. The third kappa shape index (κ3) is 4.80. The molecular weight excluding hydrogens is 414 g/mol. The van der Waals surface area contributed by atoms with Crippen molar-refractivity contribution < 1.29 is 23.7 Å². The van der Waals surface area contributed by atoms with Crippen LogP contribution in [-0.2, 0) is 9.53 Å². The Balaban J connectivity index is 1.64. The van der Waals surface area contributed by atoms with Crippen molar-refractivity contribution in [3.8, 4) is 11.3 Å². The Kier molecular flexibility index (Phi) is 6.73. The van der Waals surface area contributed by atoms with Crippen LogP contribution in [0.2, 0.25) is 5.02 Å². The number of carbonyl (C=O) groups excluding carboxylic acids is 2. The topological polar surface area (TPSA) is 106 Å². The summed E-state index contributed by atoms with van der Waals surface area (Å²) in [5.41, 5.74) is 0.251. The van der Waals surface area contributed by atoms with Crippen LogP contribution in [0.5, 0.6) is 0 Å².